The van der Waals surface area contributed by atoms with Gasteiger partial charge in [0.1, 0.15) is 0 Å². The number of carbonyl (C=O) groups is 1. The fourth-order valence-corrected chi connectivity index (χ4v) is 4.11. The van der Waals surface area contributed by atoms with Crippen molar-refractivity contribution in [3.05, 3.63) is 58.1 Å². The maximum Gasteiger partial charge on any atom is 0.292 e. The van der Waals surface area contributed by atoms with E-state index in [1.165, 1.54) is 9.21 Å². The van der Waals surface area contributed by atoms with E-state index in [-0.39, 0.29) is 37.7 Å². The molecule has 128 valence electrons. The Hall–Kier alpha value is -2.39. The molecule has 0 atom stereocenters. The van der Waals surface area contributed by atoms with Crippen molar-refractivity contribution in [3.63, 3.8) is 0 Å². The molecule has 1 fully saturated rings. The van der Waals surface area contributed by atoms with E-state index in [0.717, 1.165) is 11.6 Å². The van der Waals surface area contributed by atoms with Gasteiger partial charge in [-0.15, -0.1) is 0 Å². The van der Waals surface area contributed by atoms with Crippen molar-refractivity contribution < 1.29 is 17.7 Å². The predicted octanol–water partition coefficient (Wildman–Crippen LogP) is 0.256. The summed E-state index contributed by atoms with van der Waals surface area (Å²) in [5.41, 5.74) is 0.243. The van der Waals surface area contributed by atoms with E-state index in [1.54, 1.807) is 24.3 Å². The first kappa shape index (κ1) is 16.5. The summed E-state index contributed by atoms with van der Waals surface area (Å²) in [6, 6.07) is 10.1. The number of benzene rings is 1. The second-order valence-electron chi connectivity index (χ2n) is 5.51. The minimum absolute atomic E-state index is 0.0610. The second kappa shape index (κ2) is 6.62. The van der Waals surface area contributed by atoms with Gasteiger partial charge in [-0.1, -0.05) is 30.3 Å². The first-order valence-electron chi connectivity index (χ1n) is 7.45. The Labute approximate surface area is 138 Å². The minimum atomic E-state index is -3.43. The van der Waals surface area contributed by atoms with Crippen LogP contribution in [0.3, 0.4) is 0 Å². The molecule has 1 aliphatic heterocycles. The monoisotopic (exact) mass is 351 g/mol. The molecule has 0 spiro atoms. The van der Waals surface area contributed by atoms with Gasteiger partial charge < -0.3 is 9.42 Å². The zero-order chi connectivity index (χ0) is 17.2. The average molecular weight is 351 g/mol. The van der Waals surface area contributed by atoms with E-state index in [9.17, 15) is 18.0 Å². The molecule has 24 heavy (non-hydrogen) atoms. The van der Waals surface area contributed by atoms with Gasteiger partial charge in [-0.05, 0) is 5.56 Å². The van der Waals surface area contributed by atoms with Crippen LogP contribution in [-0.2, 0) is 15.8 Å². The average Bonchev–Trinajstić information content (AvgIpc) is 3.01. The molecular weight excluding hydrogens is 334 g/mol. The molecule has 0 unspecified atom stereocenters. The molecule has 1 aromatic heterocycles. The topological polar surface area (TPSA) is 104 Å². The SMILES string of the molecule is O=C(c1cc(=O)[nH]o1)N1CCN(S(=O)(=O)Cc2ccccc2)CC1. The summed E-state index contributed by atoms with van der Waals surface area (Å²) < 4.78 is 31.1. The van der Waals surface area contributed by atoms with Crippen LogP contribution in [0.4, 0.5) is 0 Å². The number of sulfonamides is 1. The number of carbonyl (C=O) groups excluding carboxylic acids is 1. The van der Waals surface area contributed by atoms with Gasteiger partial charge in [-0.25, -0.2) is 8.42 Å². The van der Waals surface area contributed by atoms with Crippen LogP contribution in [-0.4, -0.2) is 54.9 Å². The van der Waals surface area contributed by atoms with Crippen LogP contribution in [0, 0.1) is 0 Å². The standard InChI is InChI=1S/C15H17N3O5S/c19-14-10-13(23-16-14)15(20)17-6-8-18(9-7-17)24(21,22)11-12-4-2-1-3-5-12/h1-5,10H,6-9,11H2,(H,16,19). The molecule has 9 heteroatoms. The van der Waals surface area contributed by atoms with Crippen LogP contribution in [0.5, 0.6) is 0 Å². The molecule has 1 aromatic carbocycles. The summed E-state index contributed by atoms with van der Waals surface area (Å²) in [5.74, 6) is -0.553. The number of hydrogen-bond acceptors (Lipinski definition) is 5. The van der Waals surface area contributed by atoms with E-state index >= 15 is 0 Å². The highest BCUT2D eigenvalue weighted by Crippen LogP contribution is 2.14. The smallest absolute Gasteiger partial charge is 0.292 e. The lowest BCUT2D eigenvalue weighted by Crippen LogP contribution is -2.50. The van der Waals surface area contributed by atoms with Crippen molar-refractivity contribution in [3.8, 4) is 0 Å². The molecule has 1 amide bonds. The second-order valence-corrected chi connectivity index (χ2v) is 7.48. The number of aromatic amines is 1. The number of nitrogens with one attached hydrogen (secondary N) is 1. The Balaban J connectivity index is 1.62. The van der Waals surface area contributed by atoms with Gasteiger partial charge in [0.25, 0.3) is 11.5 Å². The van der Waals surface area contributed by atoms with Crippen molar-refractivity contribution in [2.24, 2.45) is 0 Å². The number of aromatic nitrogens is 1. The third-order valence-electron chi connectivity index (χ3n) is 3.85. The molecule has 0 aliphatic carbocycles. The van der Waals surface area contributed by atoms with Crippen LogP contribution in [0.1, 0.15) is 16.1 Å². The molecule has 0 bridgehead atoms. The lowest BCUT2D eigenvalue weighted by Gasteiger charge is -2.33. The number of piperazine rings is 1. The van der Waals surface area contributed by atoms with Gasteiger partial charge >= 0.3 is 0 Å². The largest absolute Gasteiger partial charge is 0.373 e. The molecule has 0 radical (unpaired) electrons. The Morgan fingerprint density at radius 1 is 1.12 bits per heavy atom. The minimum Gasteiger partial charge on any atom is -0.373 e. The molecule has 2 heterocycles. The Morgan fingerprint density at radius 3 is 2.38 bits per heavy atom. The van der Waals surface area contributed by atoms with E-state index in [1.807, 2.05) is 6.07 Å². The maximum absolute atomic E-state index is 12.5. The van der Waals surface area contributed by atoms with Crippen LogP contribution in [0.2, 0.25) is 0 Å². The maximum atomic E-state index is 12.5. The molecule has 1 N–H and O–H groups in total. The highest BCUT2D eigenvalue weighted by atomic mass is 32.2. The summed E-state index contributed by atoms with van der Waals surface area (Å²) in [4.78, 5) is 24.7. The van der Waals surface area contributed by atoms with Gasteiger partial charge in [-0.2, -0.15) is 9.46 Å². The molecule has 8 nitrogen and oxygen atoms in total. The highest BCUT2D eigenvalue weighted by molar-refractivity contribution is 7.88. The van der Waals surface area contributed by atoms with Crippen LogP contribution < -0.4 is 5.56 Å². The van der Waals surface area contributed by atoms with Gasteiger partial charge in [-0.3, -0.25) is 9.59 Å². The molecule has 3 rings (SSSR count). The predicted molar refractivity (Wildman–Crippen MR) is 85.9 cm³/mol. The van der Waals surface area contributed by atoms with Gasteiger partial charge in [0, 0.05) is 26.2 Å². The summed E-state index contributed by atoms with van der Waals surface area (Å²) in [5, 5.41) is 2.06. The molecule has 1 saturated heterocycles. The number of amides is 1. The Morgan fingerprint density at radius 2 is 1.79 bits per heavy atom. The van der Waals surface area contributed by atoms with E-state index in [2.05, 4.69) is 5.16 Å². The van der Waals surface area contributed by atoms with E-state index < -0.39 is 21.5 Å². The third-order valence-corrected chi connectivity index (χ3v) is 5.70. The Kier molecular flexibility index (Phi) is 4.54. The fraction of sp³-hybridized carbons (Fsp3) is 0.333. The number of nitrogens with zero attached hydrogens (tertiary/aromatic N) is 2. The first-order chi connectivity index (χ1) is 11.5. The molecule has 1 aliphatic rings. The number of hydrogen-bond donors (Lipinski definition) is 1. The number of H-pyrrole nitrogens is 1. The summed E-state index contributed by atoms with van der Waals surface area (Å²) in [6.45, 7) is 0.939. The van der Waals surface area contributed by atoms with Gasteiger partial charge in [0.2, 0.25) is 15.8 Å². The van der Waals surface area contributed by atoms with E-state index in [4.69, 9.17) is 4.52 Å². The molecular formula is C15H17N3O5S. The summed E-state index contributed by atoms with van der Waals surface area (Å²) in [6.07, 6.45) is 0. The summed E-state index contributed by atoms with van der Waals surface area (Å²) in [7, 11) is -3.43. The van der Waals surface area contributed by atoms with Crippen molar-refractivity contribution in [2.45, 2.75) is 5.75 Å². The van der Waals surface area contributed by atoms with Crippen LogP contribution >= 0.6 is 0 Å². The van der Waals surface area contributed by atoms with Crippen LogP contribution in [0.15, 0.2) is 45.7 Å². The molecule has 0 saturated carbocycles. The molecule has 2 aromatic rings. The first-order valence-corrected chi connectivity index (χ1v) is 9.06. The van der Waals surface area contributed by atoms with Gasteiger partial charge in [0.15, 0.2) is 0 Å². The number of rotatable bonds is 4. The summed E-state index contributed by atoms with van der Waals surface area (Å²) >= 11 is 0. The van der Waals surface area contributed by atoms with Crippen molar-refractivity contribution >= 4 is 15.9 Å². The normalized spacial score (nSPS) is 16.2. The Bertz CT molecular complexity index is 864. The van der Waals surface area contributed by atoms with Crippen molar-refractivity contribution in [2.75, 3.05) is 26.2 Å². The van der Waals surface area contributed by atoms with Crippen LogP contribution in [0.25, 0.3) is 0 Å². The van der Waals surface area contributed by atoms with Crippen molar-refractivity contribution in [1.29, 1.82) is 0 Å². The lowest BCUT2D eigenvalue weighted by atomic mass is 10.2. The third kappa shape index (κ3) is 3.57. The highest BCUT2D eigenvalue weighted by Gasteiger charge is 2.30. The quantitative estimate of drug-likeness (QED) is 0.851. The zero-order valence-electron chi connectivity index (χ0n) is 12.8. The fourth-order valence-electron chi connectivity index (χ4n) is 2.59. The zero-order valence-corrected chi connectivity index (χ0v) is 13.7. The van der Waals surface area contributed by atoms with Gasteiger partial charge in [0.05, 0.1) is 11.8 Å². The van der Waals surface area contributed by atoms with Crippen molar-refractivity contribution in [1.82, 2.24) is 14.4 Å². The lowest BCUT2D eigenvalue weighted by molar-refractivity contribution is 0.0656. The van der Waals surface area contributed by atoms with E-state index in [0.29, 0.717) is 0 Å².